The zero-order valence-electron chi connectivity index (χ0n) is 12.1. The van der Waals surface area contributed by atoms with Gasteiger partial charge in [0.25, 0.3) is 10.0 Å². The molecule has 1 N–H and O–H groups in total. The molecular weight excluding hydrogens is 338 g/mol. The topological polar surface area (TPSA) is 74.7 Å². The number of anilines is 1. The number of hydrogen-bond acceptors (Lipinski definition) is 3. The molecule has 0 radical (unpaired) electrons. The van der Waals surface area contributed by atoms with Gasteiger partial charge < -0.3 is 5.11 Å². The minimum Gasteiger partial charge on any atom is -0.478 e. The zero-order chi connectivity index (χ0) is 16.6. The highest BCUT2D eigenvalue weighted by molar-refractivity contribution is 7.92. The number of carbonyl (C=O) groups is 1. The number of carboxylic acid groups (broad SMARTS) is 1. The molecule has 0 amide bonds. The van der Waals surface area contributed by atoms with Crippen LogP contribution in [0.2, 0.25) is 5.02 Å². The SMILES string of the molecule is O=C(O)c1ccc2c(c1)N(S(=O)(=O)c1cccc(Cl)c1)CCC2. The highest BCUT2D eigenvalue weighted by atomic mass is 35.5. The van der Waals surface area contributed by atoms with Gasteiger partial charge in [-0.25, -0.2) is 13.2 Å². The molecule has 0 saturated heterocycles. The Morgan fingerprint density at radius 2 is 1.96 bits per heavy atom. The molecule has 0 atom stereocenters. The van der Waals surface area contributed by atoms with Crippen LogP contribution in [-0.4, -0.2) is 26.0 Å². The van der Waals surface area contributed by atoms with Crippen LogP contribution in [0.5, 0.6) is 0 Å². The Labute approximate surface area is 139 Å². The van der Waals surface area contributed by atoms with Crippen molar-refractivity contribution in [3.05, 3.63) is 58.6 Å². The molecule has 0 spiro atoms. The lowest BCUT2D eigenvalue weighted by molar-refractivity contribution is 0.0697. The number of nitrogens with zero attached hydrogens (tertiary/aromatic N) is 1. The van der Waals surface area contributed by atoms with E-state index in [1.807, 2.05) is 0 Å². The Hall–Kier alpha value is -2.05. The van der Waals surface area contributed by atoms with E-state index in [2.05, 4.69) is 0 Å². The smallest absolute Gasteiger partial charge is 0.335 e. The van der Waals surface area contributed by atoms with Crippen LogP contribution in [0, 0.1) is 0 Å². The minimum absolute atomic E-state index is 0.0666. The molecule has 23 heavy (non-hydrogen) atoms. The van der Waals surface area contributed by atoms with Gasteiger partial charge in [-0.15, -0.1) is 0 Å². The van der Waals surface area contributed by atoms with Crippen LogP contribution in [0.3, 0.4) is 0 Å². The summed E-state index contributed by atoms with van der Waals surface area (Å²) in [6, 6.07) is 10.7. The molecule has 2 aromatic carbocycles. The number of benzene rings is 2. The van der Waals surface area contributed by atoms with Crippen molar-refractivity contribution in [2.75, 3.05) is 10.8 Å². The van der Waals surface area contributed by atoms with Crippen molar-refractivity contribution >= 4 is 33.3 Å². The van der Waals surface area contributed by atoms with Gasteiger partial charge in [-0.05, 0) is 48.7 Å². The van der Waals surface area contributed by atoms with Crippen LogP contribution in [0.15, 0.2) is 47.4 Å². The number of carboxylic acids is 1. The van der Waals surface area contributed by atoms with Crippen molar-refractivity contribution in [2.24, 2.45) is 0 Å². The van der Waals surface area contributed by atoms with Gasteiger partial charge in [0.05, 0.1) is 16.1 Å². The van der Waals surface area contributed by atoms with Gasteiger partial charge >= 0.3 is 5.97 Å². The maximum Gasteiger partial charge on any atom is 0.335 e. The van der Waals surface area contributed by atoms with Crippen LogP contribution < -0.4 is 4.31 Å². The Bertz CT molecular complexity index is 879. The fraction of sp³-hybridized carbons (Fsp3) is 0.188. The summed E-state index contributed by atoms with van der Waals surface area (Å²) >= 11 is 5.90. The summed E-state index contributed by atoms with van der Waals surface area (Å²) in [6.07, 6.45) is 1.40. The van der Waals surface area contributed by atoms with E-state index in [0.29, 0.717) is 23.7 Å². The Balaban J connectivity index is 2.12. The van der Waals surface area contributed by atoms with Gasteiger partial charge in [0.15, 0.2) is 0 Å². The maximum atomic E-state index is 12.9. The molecule has 7 heteroatoms. The van der Waals surface area contributed by atoms with E-state index in [1.165, 1.54) is 28.6 Å². The summed E-state index contributed by atoms with van der Waals surface area (Å²) in [7, 11) is -3.78. The van der Waals surface area contributed by atoms with Crippen LogP contribution in [0.25, 0.3) is 0 Å². The van der Waals surface area contributed by atoms with Crippen LogP contribution in [0.4, 0.5) is 5.69 Å². The van der Waals surface area contributed by atoms with E-state index in [1.54, 1.807) is 18.2 Å². The first kappa shape index (κ1) is 15.8. The van der Waals surface area contributed by atoms with Crippen molar-refractivity contribution in [1.29, 1.82) is 0 Å². The van der Waals surface area contributed by atoms with Gasteiger partial charge in [0.2, 0.25) is 0 Å². The predicted molar refractivity (Wildman–Crippen MR) is 87.7 cm³/mol. The third-order valence-corrected chi connectivity index (χ3v) is 5.84. The third kappa shape index (κ3) is 2.92. The second kappa shape index (κ2) is 5.86. The number of fused-ring (bicyclic) bond motifs is 1. The highest BCUT2D eigenvalue weighted by Gasteiger charge is 2.29. The molecule has 0 bridgehead atoms. The first-order chi connectivity index (χ1) is 10.9. The average molecular weight is 352 g/mol. The summed E-state index contributed by atoms with van der Waals surface area (Å²) in [5.74, 6) is -1.08. The van der Waals surface area contributed by atoms with Crippen LogP contribution >= 0.6 is 11.6 Å². The van der Waals surface area contributed by atoms with Crippen molar-refractivity contribution in [2.45, 2.75) is 17.7 Å². The number of hydrogen-bond donors (Lipinski definition) is 1. The second-order valence-electron chi connectivity index (χ2n) is 5.29. The molecule has 1 heterocycles. The first-order valence-electron chi connectivity index (χ1n) is 7.04. The van der Waals surface area contributed by atoms with E-state index in [9.17, 15) is 13.2 Å². The normalized spacial score (nSPS) is 14.4. The molecule has 1 aliphatic heterocycles. The van der Waals surface area contributed by atoms with Crippen LogP contribution in [-0.2, 0) is 16.4 Å². The number of halogens is 1. The van der Waals surface area contributed by atoms with Gasteiger partial charge in [0.1, 0.15) is 0 Å². The molecule has 0 aliphatic carbocycles. The van der Waals surface area contributed by atoms with Crippen molar-refractivity contribution in [1.82, 2.24) is 0 Å². The molecule has 0 fully saturated rings. The van der Waals surface area contributed by atoms with Crippen molar-refractivity contribution in [3.8, 4) is 0 Å². The van der Waals surface area contributed by atoms with E-state index in [0.717, 1.165) is 12.0 Å². The fourth-order valence-corrected chi connectivity index (χ4v) is 4.51. The average Bonchev–Trinajstić information content (AvgIpc) is 2.53. The van der Waals surface area contributed by atoms with E-state index in [-0.39, 0.29) is 10.5 Å². The highest BCUT2D eigenvalue weighted by Crippen LogP contribution is 2.33. The first-order valence-corrected chi connectivity index (χ1v) is 8.86. The lowest BCUT2D eigenvalue weighted by Crippen LogP contribution is -2.35. The molecule has 0 saturated carbocycles. The van der Waals surface area contributed by atoms with Crippen molar-refractivity contribution in [3.63, 3.8) is 0 Å². The Kier molecular flexibility index (Phi) is 4.04. The summed E-state index contributed by atoms with van der Waals surface area (Å²) in [6.45, 7) is 0.310. The molecule has 0 unspecified atom stereocenters. The van der Waals surface area contributed by atoms with E-state index in [4.69, 9.17) is 16.7 Å². The summed E-state index contributed by atoms with van der Waals surface area (Å²) in [5.41, 5.74) is 1.32. The summed E-state index contributed by atoms with van der Waals surface area (Å²) in [4.78, 5) is 11.3. The molecule has 5 nitrogen and oxygen atoms in total. The van der Waals surface area contributed by atoms with Gasteiger partial charge in [0, 0.05) is 11.6 Å². The zero-order valence-corrected chi connectivity index (χ0v) is 13.6. The Morgan fingerprint density at radius 3 is 2.65 bits per heavy atom. The maximum absolute atomic E-state index is 12.9. The quantitative estimate of drug-likeness (QED) is 0.921. The van der Waals surface area contributed by atoms with E-state index >= 15 is 0 Å². The van der Waals surface area contributed by atoms with Crippen molar-refractivity contribution < 1.29 is 18.3 Å². The molecule has 120 valence electrons. The monoisotopic (exact) mass is 351 g/mol. The Morgan fingerprint density at radius 1 is 1.17 bits per heavy atom. The minimum atomic E-state index is -3.78. The fourth-order valence-electron chi connectivity index (χ4n) is 2.68. The standard InChI is InChI=1S/C16H14ClNO4S/c17-13-4-1-5-14(10-13)23(21,22)18-8-2-3-11-6-7-12(16(19)20)9-15(11)18/h1,4-7,9-10H,2-3,8H2,(H,19,20). The lowest BCUT2D eigenvalue weighted by atomic mass is 10.0. The molecule has 2 aromatic rings. The van der Waals surface area contributed by atoms with Gasteiger partial charge in [-0.1, -0.05) is 23.7 Å². The molecule has 1 aliphatic rings. The molecule has 3 rings (SSSR count). The molecular formula is C16H14ClNO4S. The van der Waals surface area contributed by atoms with E-state index < -0.39 is 16.0 Å². The van der Waals surface area contributed by atoms with Gasteiger partial charge in [-0.3, -0.25) is 4.31 Å². The molecule has 0 aromatic heterocycles. The second-order valence-corrected chi connectivity index (χ2v) is 7.59. The largest absolute Gasteiger partial charge is 0.478 e. The summed E-state index contributed by atoms with van der Waals surface area (Å²) < 4.78 is 27.1. The number of rotatable bonds is 3. The number of aromatic carboxylic acids is 1. The van der Waals surface area contributed by atoms with Crippen LogP contribution in [0.1, 0.15) is 22.3 Å². The predicted octanol–water partition coefficient (Wildman–Crippen LogP) is 3.18. The lowest BCUT2D eigenvalue weighted by Gasteiger charge is -2.30. The third-order valence-electron chi connectivity index (χ3n) is 3.79. The number of sulfonamides is 1. The summed E-state index contributed by atoms with van der Waals surface area (Å²) in [5, 5.41) is 9.48. The number of aryl methyl sites for hydroxylation is 1. The van der Waals surface area contributed by atoms with Gasteiger partial charge in [-0.2, -0.15) is 0 Å².